The zero-order valence-electron chi connectivity index (χ0n) is 13.1. The monoisotopic (exact) mass is 408 g/mol. The molecule has 1 aliphatic carbocycles. The van der Waals surface area contributed by atoms with E-state index in [1.165, 1.54) is 24.3 Å². The van der Waals surface area contributed by atoms with Gasteiger partial charge in [-0.3, -0.25) is 0 Å². The Bertz CT molecular complexity index is 971. The van der Waals surface area contributed by atoms with Crippen LogP contribution in [0.15, 0.2) is 35.2 Å². The molecule has 0 amide bonds. The first-order chi connectivity index (χ1) is 12.0. The van der Waals surface area contributed by atoms with E-state index in [2.05, 4.69) is 0 Å². The average Bonchev–Trinajstić information content (AvgIpc) is 2.93. The van der Waals surface area contributed by atoms with E-state index < -0.39 is 32.2 Å². The Kier molecular flexibility index (Phi) is 4.79. The largest absolute Gasteiger partial charge is 0.501 e. The lowest BCUT2D eigenvalue weighted by Gasteiger charge is -2.17. The maximum atomic E-state index is 13.3. The summed E-state index contributed by atoms with van der Waals surface area (Å²) in [6.07, 6.45) is -0.672. The quantitative estimate of drug-likeness (QED) is 0.768. The van der Waals surface area contributed by atoms with Crippen molar-refractivity contribution in [1.82, 2.24) is 0 Å². The number of fused-ring (bicyclic) bond motifs is 1. The van der Waals surface area contributed by atoms with Gasteiger partial charge < -0.3 is 5.11 Å². The fourth-order valence-corrected chi connectivity index (χ4v) is 4.42. The van der Waals surface area contributed by atoms with Crippen LogP contribution in [0.4, 0.5) is 17.6 Å². The van der Waals surface area contributed by atoms with Crippen molar-refractivity contribution in [2.24, 2.45) is 0 Å². The highest BCUT2D eigenvalue weighted by Gasteiger charge is 2.49. The Morgan fingerprint density at radius 3 is 2.50 bits per heavy atom. The van der Waals surface area contributed by atoms with Crippen molar-refractivity contribution >= 4 is 21.4 Å². The topological polar surface area (TPSA) is 54.4 Å². The molecular formula is C17H13ClF4O3S. The Morgan fingerprint density at radius 1 is 1.19 bits per heavy atom. The molecule has 0 spiro atoms. The van der Waals surface area contributed by atoms with E-state index in [0.29, 0.717) is 16.7 Å². The van der Waals surface area contributed by atoms with Crippen molar-refractivity contribution in [1.29, 1.82) is 0 Å². The fourth-order valence-electron chi connectivity index (χ4n) is 3.17. The van der Waals surface area contributed by atoms with Crippen LogP contribution in [-0.2, 0) is 22.7 Å². The number of aliphatic hydroxyl groups is 1. The minimum atomic E-state index is -5.57. The van der Waals surface area contributed by atoms with Crippen molar-refractivity contribution in [3.05, 3.63) is 63.4 Å². The number of sulfone groups is 1. The van der Waals surface area contributed by atoms with Crippen LogP contribution >= 0.6 is 11.6 Å². The molecule has 140 valence electrons. The zero-order valence-corrected chi connectivity index (χ0v) is 14.7. The van der Waals surface area contributed by atoms with Gasteiger partial charge in [0.2, 0.25) is 0 Å². The molecule has 1 aliphatic rings. The maximum Gasteiger partial charge on any atom is 0.501 e. The third kappa shape index (κ3) is 3.21. The summed E-state index contributed by atoms with van der Waals surface area (Å²) in [5.41, 5.74) is -4.09. The number of benzene rings is 2. The van der Waals surface area contributed by atoms with Gasteiger partial charge in [0.15, 0.2) is 0 Å². The number of hydrogen-bond donors (Lipinski definition) is 1. The fraction of sp³-hybridized carbons (Fsp3) is 0.294. The molecule has 2 aromatic rings. The van der Waals surface area contributed by atoms with E-state index >= 15 is 0 Å². The number of hydrogen-bond acceptors (Lipinski definition) is 3. The van der Waals surface area contributed by atoms with E-state index in [4.69, 9.17) is 11.6 Å². The van der Waals surface area contributed by atoms with Crippen LogP contribution in [0.2, 0.25) is 5.02 Å². The Morgan fingerprint density at radius 2 is 1.88 bits per heavy atom. The van der Waals surface area contributed by atoms with Gasteiger partial charge in [0, 0.05) is 5.56 Å². The molecule has 0 aromatic heterocycles. The summed E-state index contributed by atoms with van der Waals surface area (Å²) in [5, 5.41) is 9.97. The zero-order chi connectivity index (χ0) is 19.3. The van der Waals surface area contributed by atoms with Gasteiger partial charge in [0.25, 0.3) is 9.84 Å². The number of rotatable bonds is 3. The summed E-state index contributed by atoms with van der Waals surface area (Å²) in [6.45, 7) is 0. The first-order valence-electron chi connectivity index (χ1n) is 7.60. The lowest BCUT2D eigenvalue weighted by molar-refractivity contribution is -0.0437. The maximum absolute atomic E-state index is 13.3. The highest BCUT2D eigenvalue weighted by Crippen LogP contribution is 2.42. The molecule has 3 rings (SSSR count). The molecule has 0 bridgehead atoms. The average molecular weight is 409 g/mol. The third-order valence-corrected chi connectivity index (χ3v) is 6.22. The number of aliphatic hydroxyl groups excluding tert-OH is 1. The van der Waals surface area contributed by atoms with E-state index in [0.717, 1.165) is 6.07 Å². The van der Waals surface area contributed by atoms with Crippen LogP contribution in [0.5, 0.6) is 0 Å². The Labute approximate surface area is 152 Å². The van der Waals surface area contributed by atoms with Gasteiger partial charge in [-0.1, -0.05) is 23.7 Å². The summed E-state index contributed by atoms with van der Waals surface area (Å²) < 4.78 is 75.7. The summed E-state index contributed by atoms with van der Waals surface area (Å²) in [5.74, 6) is -0.595. The van der Waals surface area contributed by atoms with Crippen LogP contribution < -0.4 is 0 Å². The van der Waals surface area contributed by atoms with Gasteiger partial charge in [-0.2, -0.15) is 13.2 Å². The second kappa shape index (κ2) is 6.51. The van der Waals surface area contributed by atoms with Crippen LogP contribution in [0.25, 0.3) is 0 Å². The summed E-state index contributed by atoms with van der Waals surface area (Å²) in [7, 11) is -5.57. The molecule has 0 saturated heterocycles. The van der Waals surface area contributed by atoms with Crippen molar-refractivity contribution in [3.8, 4) is 0 Å². The normalized spacial score (nSPS) is 17.4. The predicted octanol–water partition coefficient (Wildman–Crippen LogP) is 4.34. The molecular weight excluding hydrogens is 396 g/mol. The van der Waals surface area contributed by atoms with Gasteiger partial charge >= 0.3 is 5.51 Å². The van der Waals surface area contributed by atoms with Gasteiger partial charge in [0.05, 0.1) is 16.0 Å². The molecule has 0 fully saturated rings. The van der Waals surface area contributed by atoms with E-state index in [9.17, 15) is 31.1 Å². The molecule has 0 radical (unpaired) electrons. The third-order valence-electron chi connectivity index (χ3n) is 4.39. The van der Waals surface area contributed by atoms with Crippen LogP contribution in [0, 0.1) is 5.82 Å². The van der Waals surface area contributed by atoms with Gasteiger partial charge in [-0.25, -0.2) is 12.8 Å². The van der Waals surface area contributed by atoms with Crippen molar-refractivity contribution < 1.29 is 31.1 Å². The van der Waals surface area contributed by atoms with Gasteiger partial charge in [-0.15, -0.1) is 0 Å². The van der Waals surface area contributed by atoms with Crippen LogP contribution in [0.3, 0.4) is 0 Å². The van der Waals surface area contributed by atoms with Crippen LogP contribution in [-0.4, -0.2) is 19.0 Å². The van der Waals surface area contributed by atoms with E-state index in [1.807, 2.05) is 0 Å². The van der Waals surface area contributed by atoms with Crippen molar-refractivity contribution in [2.75, 3.05) is 0 Å². The first-order valence-corrected chi connectivity index (χ1v) is 9.46. The number of alkyl halides is 3. The second-order valence-corrected chi connectivity index (χ2v) is 8.36. The standard InChI is InChI=1S/C17H13ClF4O3S/c18-12-8-9(1-4-13(12)19)7-10-2-6-15(26(24,25)17(20,21)22)16-11(10)3-5-14(16)23/h1-2,4,6,8,14,23H,3,5,7H2. The Hall–Kier alpha value is -1.64. The van der Waals surface area contributed by atoms with E-state index in [-0.39, 0.29) is 29.8 Å². The molecule has 0 heterocycles. The highest BCUT2D eigenvalue weighted by atomic mass is 35.5. The molecule has 1 atom stereocenters. The highest BCUT2D eigenvalue weighted by molar-refractivity contribution is 7.92. The number of halogens is 5. The summed E-state index contributed by atoms with van der Waals surface area (Å²) in [4.78, 5) is -0.911. The summed E-state index contributed by atoms with van der Waals surface area (Å²) >= 11 is 5.74. The lowest BCUT2D eigenvalue weighted by atomic mass is 9.97. The molecule has 9 heteroatoms. The minimum Gasteiger partial charge on any atom is -0.388 e. The van der Waals surface area contributed by atoms with Gasteiger partial charge in [-0.05, 0) is 54.2 Å². The van der Waals surface area contributed by atoms with E-state index in [1.54, 1.807) is 0 Å². The van der Waals surface area contributed by atoms with Crippen LogP contribution in [0.1, 0.15) is 34.8 Å². The Balaban J connectivity index is 2.10. The second-order valence-electron chi connectivity index (χ2n) is 6.04. The smallest absolute Gasteiger partial charge is 0.388 e. The lowest BCUT2D eigenvalue weighted by Crippen LogP contribution is -2.25. The molecule has 0 aliphatic heterocycles. The molecule has 3 nitrogen and oxygen atoms in total. The minimum absolute atomic E-state index is 0.0875. The molecule has 26 heavy (non-hydrogen) atoms. The summed E-state index contributed by atoms with van der Waals surface area (Å²) in [6, 6.07) is 6.23. The molecule has 1 N–H and O–H groups in total. The molecule has 1 unspecified atom stereocenters. The molecule has 2 aromatic carbocycles. The SMILES string of the molecule is O=S(=O)(c1ccc(Cc2ccc(F)c(Cl)c2)c2c1C(O)CC2)C(F)(F)F. The predicted molar refractivity (Wildman–Crippen MR) is 87.2 cm³/mol. The van der Waals surface area contributed by atoms with Gasteiger partial charge in [0.1, 0.15) is 5.82 Å². The van der Waals surface area contributed by atoms with Crippen molar-refractivity contribution in [3.63, 3.8) is 0 Å². The van der Waals surface area contributed by atoms with Crippen molar-refractivity contribution in [2.45, 2.75) is 35.8 Å². The first kappa shape index (κ1) is 19.1. The molecule has 0 saturated carbocycles.